The number of halogens is 4. The van der Waals surface area contributed by atoms with Gasteiger partial charge in [0.2, 0.25) is 0 Å². The van der Waals surface area contributed by atoms with Crippen LogP contribution < -0.4 is 15.8 Å². The standard InChI is InChI=1S/C14H14F3N3OS.HI/c15-14(16,17)21-11-5-3-10(4-6-11)20-13(18)19-8-7-12-2-1-9-22-12;/h1-6,9H,7-8H2,(H3,18,19,20);1H. The van der Waals surface area contributed by atoms with Crippen molar-refractivity contribution in [1.82, 2.24) is 0 Å². The third-order valence-corrected chi connectivity index (χ3v) is 3.52. The fourth-order valence-corrected chi connectivity index (χ4v) is 2.37. The summed E-state index contributed by atoms with van der Waals surface area (Å²) in [5, 5.41) is 4.80. The van der Waals surface area contributed by atoms with E-state index in [4.69, 9.17) is 5.73 Å². The topological polar surface area (TPSA) is 59.6 Å². The molecule has 0 saturated heterocycles. The highest BCUT2D eigenvalue weighted by atomic mass is 127. The summed E-state index contributed by atoms with van der Waals surface area (Å²) in [4.78, 5) is 5.37. The average molecular weight is 457 g/mol. The molecule has 23 heavy (non-hydrogen) atoms. The monoisotopic (exact) mass is 457 g/mol. The second kappa shape index (κ2) is 8.96. The van der Waals surface area contributed by atoms with E-state index in [0.717, 1.165) is 6.42 Å². The molecule has 0 radical (unpaired) electrons. The molecule has 0 aliphatic heterocycles. The molecule has 9 heteroatoms. The maximum atomic E-state index is 12.0. The van der Waals surface area contributed by atoms with E-state index in [1.165, 1.54) is 29.1 Å². The van der Waals surface area contributed by atoms with Crippen molar-refractivity contribution >= 4 is 47.0 Å². The molecule has 0 unspecified atom stereocenters. The lowest BCUT2D eigenvalue weighted by Crippen LogP contribution is -2.23. The van der Waals surface area contributed by atoms with Crippen LogP contribution in [-0.4, -0.2) is 18.9 Å². The van der Waals surface area contributed by atoms with Gasteiger partial charge in [-0.05, 0) is 35.7 Å². The number of alkyl halides is 3. The number of hydrogen-bond donors (Lipinski definition) is 2. The smallest absolute Gasteiger partial charge is 0.406 e. The van der Waals surface area contributed by atoms with Crippen molar-refractivity contribution in [3.05, 3.63) is 46.7 Å². The number of anilines is 1. The zero-order chi connectivity index (χ0) is 16.0. The van der Waals surface area contributed by atoms with E-state index in [2.05, 4.69) is 15.0 Å². The quantitative estimate of drug-likeness (QED) is 0.402. The van der Waals surface area contributed by atoms with E-state index >= 15 is 0 Å². The molecule has 2 aromatic rings. The molecule has 0 bridgehead atoms. The second-order valence-electron chi connectivity index (χ2n) is 4.29. The number of rotatable bonds is 5. The molecular weight excluding hydrogens is 442 g/mol. The van der Waals surface area contributed by atoms with Crippen molar-refractivity contribution in [3.63, 3.8) is 0 Å². The molecule has 126 valence electrons. The van der Waals surface area contributed by atoms with Crippen LogP contribution in [0.15, 0.2) is 46.8 Å². The van der Waals surface area contributed by atoms with Crippen LogP contribution in [0.3, 0.4) is 0 Å². The number of aliphatic imine (C=N–C) groups is 1. The van der Waals surface area contributed by atoms with Crippen LogP contribution in [0.2, 0.25) is 0 Å². The maximum Gasteiger partial charge on any atom is 0.573 e. The lowest BCUT2D eigenvalue weighted by Gasteiger charge is -2.10. The summed E-state index contributed by atoms with van der Waals surface area (Å²) in [5.41, 5.74) is 6.25. The molecular formula is C14H15F3IN3OS. The number of hydrogen-bond acceptors (Lipinski definition) is 3. The third kappa shape index (κ3) is 7.55. The first-order chi connectivity index (χ1) is 10.4. The van der Waals surface area contributed by atoms with Crippen LogP contribution in [0.1, 0.15) is 4.88 Å². The van der Waals surface area contributed by atoms with Crippen molar-refractivity contribution in [2.45, 2.75) is 12.8 Å². The van der Waals surface area contributed by atoms with E-state index in [1.807, 2.05) is 17.5 Å². The van der Waals surface area contributed by atoms with Gasteiger partial charge in [-0.2, -0.15) is 0 Å². The van der Waals surface area contributed by atoms with Gasteiger partial charge >= 0.3 is 6.36 Å². The molecule has 1 heterocycles. The summed E-state index contributed by atoms with van der Waals surface area (Å²) in [5.74, 6) is -0.0766. The number of benzene rings is 1. The Labute approximate surface area is 152 Å². The van der Waals surface area contributed by atoms with Gasteiger partial charge in [0.05, 0.1) is 0 Å². The summed E-state index contributed by atoms with van der Waals surface area (Å²) >= 11 is 1.65. The molecule has 0 aliphatic carbocycles. The minimum absolute atomic E-state index is 0. The zero-order valence-electron chi connectivity index (χ0n) is 11.8. The Morgan fingerprint density at radius 1 is 1.22 bits per heavy atom. The van der Waals surface area contributed by atoms with Gasteiger partial charge in [0.15, 0.2) is 5.96 Å². The van der Waals surface area contributed by atoms with E-state index in [9.17, 15) is 13.2 Å². The highest BCUT2D eigenvalue weighted by Crippen LogP contribution is 2.23. The van der Waals surface area contributed by atoms with Gasteiger partial charge in [0, 0.05) is 23.5 Å². The fraction of sp³-hybridized carbons (Fsp3) is 0.214. The molecule has 1 aromatic heterocycles. The molecule has 1 aromatic carbocycles. The predicted octanol–water partition coefficient (Wildman–Crippen LogP) is 4.23. The second-order valence-corrected chi connectivity index (χ2v) is 5.33. The number of ether oxygens (including phenoxy) is 1. The van der Waals surface area contributed by atoms with Crippen molar-refractivity contribution < 1.29 is 17.9 Å². The highest BCUT2D eigenvalue weighted by molar-refractivity contribution is 14.0. The van der Waals surface area contributed by atoms with Crippen LogP contribution in [0, 0.1) is 0 Å². The van der Waals surface area contributed by atoms with Gasteiger partial charge in [-0.15, -0.1) is 48.5 Å². The Morgan fingerprint density at radius 2 is 1.91 bits per heavy atom. The van der Waals surface area contributed by atoms with Gasteiger partial charge in [-0.3, -0.25) is 4.99 Å². The van der Waals surface area contributed by atoms with E-state index in [-0.39, 0.29) is 35.7 Å². The Balaban J connectivity index is 0.00000264. The lowest BCUT2D eigenvalue weighted by atomic mass is 10.3. The highest BCUT2D eigenvalue weighted by Gasteiger charge is 2.30. The summed E-state index contributed by atoms with van der Waals surface area (Å²) in [6, 6.07) is 9.26. The van der Waals surface area contributed by atoms with E-state index in [1.54, 1.807) is 11.3 Å². The first kappa shape index (κ1) is 19.6. The molecule has 0 atom stereocenters. The summed E-state index contributed by atoms with van der Waals surface area (Å²) in [6.07, 6.45) is -3.91. The minimum atomic E-state index is -4.70. The first-order valence-electron chi connectivity index (χ1n) is 6.37. The first-order valence-corrected chi connectivity index (χ1v) is 7.25. The van der Waals surface area contributed by atoms with Gasteiger partial charge in [0.1, 0.15) is 5.75 Å². The van der Waals surface area contributed by atoms with Gasteiger partial charge < -0.3 is 15.8 Å². The molecule has 0 saturated carbocycles. The predicted molar refractivity (Wildman–Crippen MR) is 96.7 cm³/mol. The van der Waals surface area contributed by atoms with Crippen molar-refractivity contribution in [1.29, 1.82) is 0 Å². The number of guanidine groups is 1. The largest absolute Gasteiger partial charge is 0.573 e. The molecule has 4 nitrogen and oxygen atoms in total. The normalized spacial score (nSPS) is 11.7. The lowest BCUT2D eigenvalue weighted by molar-refractivity contribution is -0.274. The Morgan fingerprint density at radius 3 is 2.48 bits per heavy atom. The van der Waals surface area contributed by atoms with Crippen molar-refractivity contribution in [2.75, 3.05) is 11.9 Å². The number of nitrogens with zero attached hydrogens (tertiary/aromatic N) is 1. The molecule has 3 N–H and O–H groups in total. The SMILES string of the molecule is I.NC(=NCCc1cccs1)Nc1ccc(OC(F)(F)F)cc1. The van der Waals surface area contributed by atoms with Crippen LogP contribution in [0.5, 0.6) is 5.75 Å². The zero-order valence-corrected chi connectivity index (χ0v) is 15.0. The average Bonchev–Trinajstić information content (AvgIpc) is 2.92. The van der Waals surface area contributed by atoms with Crippen molar-refractivity contribution in [2.24, 2.45) is 10.7 Å². The van der Waals surface area contributed by atoms with Crippen LogP contribution in [0.4, 0.5) is 18.9 Å². The van der Waals surface area contributed by atoms with Crippen LogP contribution in [0.25, 0.3) is 0 Å². The Hall–Kier alpha value is -1.49. The number of thiophene rings is 1. The Bertz CT molecular complexity index is 615. The summed E-state index contributed by atoms with van der Waals surface area (Å²) < 4.78 is 39.9. The van der Waals surface area contributed by atoms with Gasteiger partial charge in [-0.25, -0.2) is 0 Å². The van der Waals surface area contributed by atoms with Crippen LogP contribution in [-0.2, 0) is 6.42 Å². The van der Waals surface area contributed by atoms with E-state index < -0.39 is 6.36 Å². The van der Waals surface area contributed by atoms with Gasteiger partial charge in [-0.1, -0.05) is 6.07 Å². The molecule has 0 spiro atoms. The molecule has 0 amide bonds. The fourth-order valence-electron chi connectivity index (χ4n) is 1.67. The maximum absolute atomic E-state index is 12.0. The minimum Gasteiger partial charge on any atom is -0.406 e. The number of nitrogens with one attached hydrogen (secondary N) is 1. The van der Waals surface area contributed by atoms with Gasteiger partial charge in [0.25, 0.3) is 0 Å². The molecule has 0 aliphatic rings. The molecule has 0 fully saturated rings. The summed E-state index contributed by atoms with van der Waals surface area (Å²) in [6.45, 7) is 0.536. The van der Waals surface area contributed by atoms with Crippen molar-refractivity contribution in [3.8, 4) is 5.75 Å². The number of nitrogens with two attached hydrogens (primary N) is 1. The molecule has 2 rings (SSSR count). The third-order valence-electron chi connectivity index (χ3n) is 2.58. The Kier molecular flexibility index (Phi) is 7.62. The summed E-state index contributed by atoms with van der Waals surface area (Å²) in [7, 11) is 0. The van der Waals surface area contributed by atoms with E-state index in [0.29, 0.717) is 12.2 Å². The van der Waals surface area contributed by atoms with Crippen LogP contribution >= 0.6 is 35.3 Å².